The molecule has 0 heterocycles. The summed E-state index contributed by atoms with van der Waals surface area (Å²) in [5.74, 6) is -0.602. The average Bonchev–Trinajstić information content (AvgIpc) is 2.58. The van der Waals surface area contributed by atoms with Crippen LogP contribution in [0.1, 0.15) is 11.1 Å². The fraction of sp³-hybridized carbons (Fsp3) is 0.167. The zero-order valence-corrected chi connectivity index (χ0v) is 13.0. The van der Waals surface area contributed by atoms with Gasteiger partial charge in [-0.25, -0.2) is 4.39 Å². The van der Waals surface area contributed by atoms with E-state index in [-0.39, 0.29) is 24.0 Å². The van der Waals surface area contributed by atoms with Gasteiger partial charge in [-0.05, 0) is 41.5 Å². The largest absolute Gasteiger partial charge is 0.484 e. The van der Waals surface area contributed by atoms with E-state index in [1.54, 1.807) is 30.3 Å². The molecule has 0 saturated carbocycles. The van der Waals surface area contributed by atoms with Gasteiger partial charge in [0, 0.05) is 12.6 Å². The third-order valence-electron chi connectivity index (χ3n) is 3.09. The van der Waals surface area contributed by atoms with Gasteiger partial charge in [0.1, 0.15) is 11.6 Å². The molecule has 0 unspecified atom stereocenters. The molecule has 0 aliphatic carbocycles. The van der Waals surface area contributed by atoms with E-state index in [0.717, 1.165) is 0 Å². The minimum Gasteiger partial charge on any atom is -0.484 e. The van der Waals surface area contributed by atoms with Crippen molar-refractivity contribution in [1.29, 1.82) is 0 Å². The zero-order valence-electron chi connectivity index (χ0n) is 13.0. The summed E-state index contributed by atoms with van der Waals surface area (Å²) in [6, 6.07) is 11.6. The summed E-state index contributed by atoms with van der Waals surface area (Å²) >= 11 is 0. The fourth-order valence-electron chi connectivity index (χ4n) is 1.86. The Bertz CT molecular complexity index is 722. The number of ether oxygens (including phenoxy) is 1. The first-order valence-electron chi connectivity index (χ1n) is 7.32. The Morgan fingerprint density at radius 1 is 1.04 bits per heavy atom. The highest BCUT2D eigenvalue weighted by atomic mass is 19.4. The van der Waals surface area contributed by atoms with Crippen LogP contribution in [0.2, 0.25) is 0 Å². The van der Waals surface area contributed by atoms with Gasteiger partial charge >= 0.3 is 6.18 Å². The Morgan fingerprint density at radius 2 is 1.68 bits per heavy atom. The molecular formula is C18H15F4NO2. The van der Waals surface area contributed by atoms with Crippen molar-refractivity contribution in [1.82, 2.24) is 5.32 Å². The van der Waals surface area contributed by atoms with E-state index >= 15 is 0 Å². The maximum Gasteiger partial charge on any atom is 0.422 e. The van der Waals surface area contributed by atoms with Gasteiger partial charge in [-0.3, -0.25) is 4.79 Å². The van der Waals surface area contributed by atoms with Gasteiger partial charge in [0.05, 0.1) is 0 Å². The summed E-state index contributed by atoms with van der Waals surface area (Å²) in [6.07, 6.45) is -1.53. The molecule has 2 aromatic carbocycles. The molecular weight excluding hydrogens is 338 g/mol. The highest BCUT2D eigenvalue weighted by Gasteiger charge is 2.28. The number of carbonyl (C=O) groups excluding carboxylic acids is 1. The second kappa shape index (κ2) is 8.32. The van der Waals surface area contributed by atoms with Gasteiger partial charge in [-0.2, -0.15) is 13.2 Å². The van der Waals surface area contributed by atoms with Crippen molar-refractivity contribution >= 4 is 12.0 Å². The monoisotopic (exact) mass is 353 g/mol. The fourth-order valence-corrected chi connectivity index (χ4v) is 1.86. The Kier molecular flexibility index (Phi) is 6.16. The number of rotatable bonds is 6. The van der Waals surface area contributed by atoms with Gasteiger partial charge in [-0.15, -0.1) is 0 Å². The Hall–Kier alpha value is -2.83. The van der Waals surface area contributed by atoms with Crippen LogP contribution < -0.4 is 10.1 Å². The molecule has 0 radical (unpaired) electrons. The number of hydrogen-bond donors (Lipinski definition) is 1. The number of nitrogens with one attached hydrogen (secondary N) is 1. The van der Waals surface area contributed by atoms with E-state index in [1.165, 1.54) is 30.3 Å². The van der Waals surface area contributed by atoms with E-state index in [2.05, 4.69) is 10.1 Å². The summed E-state index contributed by atoms with van der Waals surface area (Å²) in [7, 11) is 0. The zero-order chi connectivity index (χ0) is 18.3. The molecule has 2 aromatic rings. The predicted octanol–water partition coefficient (Wildman–Crippen LogP) is 4.10. The predicted molar refractivity (Wildman–Crippen MR) is 85.3 cm³/mol. The number of amides is 1. The lowest BCUT2D eigenvalue weighted by Crippen LogP contribution is -2.20. The Balaban J connectivity index is 1.80. The van der Waals surface area contributed by atoms with E-state index in [9.17, 15) is 22.4 Å². The summed E-state index contributed by atoms with van der Waals surface area (Å²) < 4.78 is 53.5. The maximum absolute atomic E-state index is 12.8. The number of benzene rings is 2. The molecule has 25 heavy (non-hydrogen) atoms. The Labute approximate surface area is 141 Å². The number of halogens is 4. The van der Waals surface area contributed by atoms with Crippen molar-refractivity contribution in [2.24, 2.45) is 0 Å². The normalized spacial score (nSPS) is 11.5. The molecule has 0 aliphatic rings. The van der Waals surface area contributed by atoms with Crippen LogP contribution in [0, 0.1) is 5.82 Å². The molecule has 0 aliphatic heterocycles. The van der Waals surface area contributed by atoms with Gasteiger partial charge in [0.2, 0.25) is 5.91 Å². The van der Waals surface area contributed by atoms with Crippen LogP contribution in [-0.4, -0.2) is 18.7 Å². The first-order chi connectivity index (χ1) is 11.8. The van der Waals surface area contributed by atoms with Gasteiger partial charge in [0.15, 0.2) is 6.61 Å². The summed E-state index contributed by atoms with van der Waals surface area (Å²) in [6.45, 7) is -1.14. The summed E-state index contributed by atoms with van der Waals surface area (Å²) in [5.41, 5.74) is 1.39. The first-order valence-corrected chi connectivity index (χ1v) is 7.32. The van der Waals surface area contributed by atoms with Crippen LogP contribution in [0.4, 0.5) is 17.6 Å². The van der Waals surface area contributed by atoms with Gasteiger partial charge in [-0.1, -0.05) is 24.3 Å². The number of hydrogen-bond acceptors (Lipinski definition) is 2. The maximum atomic E-state index is 12.8. The van der Waals surface area contributed by atoms with E-state index in [4.69, 9.17) is 0 Å². The topological polar surface area (TPSA) is 38.3 Å². The molecule has 0 spiro atoms. The lowest BCUT2D eigenvalue weighted by atomic mass is 10.2. The van der Waals surface area contributed by atoms with Crippen molar-refractivity contribution in [2.45, 2.75) is 12.7 Å². The molecule has 1 amide bonds. The third-order valence-corrected chi connectivity index (χ3v) is 3.09. The molecule has 132 valence electrons. The summed E-state index contributed by atoms with van der Waals surface area (Å²) in [4.78, 5) is 11.7. The number of carbonyl (C=O) groups is 1. The average molecular weight is 353 g/mol. The van der Waals surface area contributed by atoms with Crippen LogP contribution >= 0.6 is 0 Å². The minimum atomic E-state index is -4.39. The van der Waals surface area contributed by atoms with Crippen LogP contribution in [0.3, 0.4) is 0 Å². The van der Waals surface area contributed by atoms with Gasteiger partial charge < -0.3 is 10.1 Å². The molecule has 0 aromatic heterocycles. The lowest BCUT2D eigenvalue weighted by Gasteiger charge is -2.09. The van der Waals surface area contributed by atoms with Crippen molar-refractivity contribution in [3.05, 3.63) is 71.6 Å². The molecule has 0 atom stereocenters. The van der Waals surface area contributed by atoms with Crippen LogP contribution in [0.25, 0.3) is 6.08 Å². The van der Waals surface area contributed by atoms with Crippen molar-refractivity contribution in [2.75, 3.05) is 6.61 Å². The molecule has 1 N–H and O–H groups in total. The first kappa shape index (κ1) is 18.5. The second-order valence-electron chi connectivity index (χ2n) is 5.15. The van der Waals surface area contributed by atoms with Crippen LogP contribution in [0.5, 0.6) is 5.75 Å². The Morgan fingerprint density at radius 3 is 2.28 bits per heavy atom. The van der Waals surface area contributed by atoms with E-state index in [0.29, 0.717) is 11.1 Å². The molecule has 0 fully saturated rings. The highest BCUT2D eigenvalue weighted by molar-refractivity contribution is 5.91. The molecule has 2 rings (SSSR count). The highest BCUT2D eigenvalue weighted by Crippen LogP contribution is 2.18. The molecule has 3 nitrogen and oxygen atoms in total. The van der Waals surface area contributed by atoms with Crippen molar-refractivity contribution in [3.63, 3.8) is 0 Å². The van der Waals surface area contributed by atoms with Crippen molar-refractivity contribution in [3.8, 4) is 5.75 Å². The quantitative estimate of drug-likeness (QED) is 0.627. The summed E-state index contributed by atoms with van der Waals surface area (Å²) in [5, 5.41) is 2.64. The van der Waals surface area contributed by atoms with Crippen molar-refractivity contribution < 1.29 is 27.1 Å². The molecule has 0 bridgehead atoms. The SMILES string of the molecule is O=C(/C=C/c1ccc(F)cc1)NCc1ccc(OCC(F)(F)F)cc1. The van der Waals surface area contributed by atoms with E-state index in [1.807, 2.05) is 0 Å². The minimum absolute atomic E-state index is 0.101. The van der Waals surface area contributed by atoms with Crippen LogP contribution in [-0.2, 0) is 11.3 Å². The second-order valence-corrected chi connectivity index (χ2v) is 5.15. The smallest absolute Gasteiger partial charge is 0.422 e. The lowest BCUT2D eigenvalue weighted by molar-refractivity contribution is -0.153. The molecule has 7 heteroatoms. The standard InChI is InChI=1S/C18H15F4NO2/c19-15-6-1-13(2-7-15)5-10-17(24)23-11-14-3-8-16(9-4-14)25-12-18(20,21)22/h1-10H,11-12H2,(H,23,24)/b10-5+. The third kappa shape index (κ3) is 7.07. The van der Waals surface area contributed by atoms with E-state index < -0.39 is 12.8 Å². The number of alkyl halides is 3. The molecule has 0 saturated heterocycles. The van der Waals surface area contributed by atoms with Crippen LogP contribution in [0.15, 0.2) is 54.6 Å². The van der Waals surface area contributed by atoms with Gasteiger partial charge in [0.25, 0.3) is 0 Å².